The quantitative estimate of drug-likeness (QED) is 0.349. The molecule has 6 heteroatoms. The third kappa shape index (κ3) is 4.76. The molecule has 30 heavy (non-hydrogen) atoms. The summed E-state index contributed by atoms with van der Waals surface area (Å²) in [6, 6.07) is 17.0. The average Bonchev–Trinajstić information content (AvgIpc) is 2.77. The molecule has 0 radical (unpaired) electrons. The molecule has 4 rings (SSSR count). The van der Waals surface area contributed by atoms with E-state index in [-0.39, 0.29) is 11.7 Å². The first-order valence-corrected chi connectivity index (χ1v) is 11.1. The first-order valence-electron chi connectivity index (χ1n) is 10.1. The Morgan fingerprint density at radius 2 is 1.70 bits per heavy atom. The Hall–Kier alpha value is -2.99. The molecule has 0 aliphatic heterocycles. The van der Waals surface area contributed by atoms with E-state index < -0.39 is 0 Å². The summed E-state index contributed by atoms with van der Waals surface area (Å²) in [5.41, 5.74) is 4.61. The van der Waals surface area contributed by atoms with Crippen LogP contribution < -0.4 is 5.32 Å². The van der Waals surface area contributed by atoms with E-state index in [0.29, 0.717) is 17.0 Å². The van der Waals surface area contributed by atoms with Crippen molar-refractivity contribution >= 4 is 29.1 Å². The fourth-order valence-corrected chi connectivity index (χ4v) is 4.53. The molecule has 0 fully saturated rings. The van der Waals surface area contributed by atoms with Crippen molar-refractivity contribution in [3.05, 3.63) is 71.4 Å². The molecular weight excluding hydrogens is 394 g/mol. The summed E-state index contributed by atoms with van der Waals surface area (Å²) < 4.78 is 0. The molecule has 0 unspecified atom stereocenters. The Balaban J connectivity index is 1.53. The lowest BCUT2D eigenvalue weighted by molar-refractivity contribution is -0.114. The maximum absolute atomic E-state index is 12.7. The highest BCUT2D eigenvalue weighted by Crippen LogP contribution is 2.31. The number of Topliss-reactive ketones (excluding diaryl/α,β-unsaturated/α-hetero) is 1. The van der Waals surface area contributed by atoms with Gasteiger partial charge in [-0.1, -0.05) is 42.1 Å². The van der Waals surface area contributed by atoms with E-state index in [4.69, 9.17) is 9.97 Å². The summed E-state index contributed by atoms with van der Waals surface area (Å²) in [6.07, 6.45) is 4.20. The number of benzene rings is 2. The van der Waals surface area contributed by atoms with Gasteiger partial charge in [-0.05, 0) is 49.9 Å². The van der Waals surface area contributed by atoms with Crippen LogP contribution >= 0.6 is 11.8 Å². The average molecular weight is 418 g/mol. The second-order valence-corrected chi connectivity index (χ2v) is 8.29. The zero-order valence-corrected chi connectivity index (χ0v) is 17.7. The highest BCUT2D eigenvalue weighted by Gasteiger charge is 2.20. The third-order valence-electron chi connectivity index (χ3n) is 5.04. The molecule has 1 aliphatic carbocycles. The highest BCUT2D eigenvalue weighted by atomic mass is 32.2. The Morgan fingerprint density at radius 3 is 2.43 bits per heavy atom. The number of aromatic nitrogens is 2. The van der Waals surface area contributed by atoms with E-state index in [1.807, 2.05) is 30.3 Å². The van der Waals surface area contributed by atoms with Gasteiger partial charge in [0.1, 0.15) is 5.03 Å². The van der Waals surface area contributed by atoms with E-state index >= 15 is 0 Å². The summed E-state index contributed by atoms with van der Waals surface area (Å²) in [5, 5.41) is 3.63. The first kappa shape index (κ1) is 20.3. The monoisotopic (exact) mass is 417 g/mol. The van der Waals surface area contributed by atoms with E-state index in [0.717, 1.165) is 47.8 Å². The Morgan fingerprint density at radius 1 is 0.967 bits per heavy atom. The van der Waals surface area contributed by atoms with Gasteiger partial charge in [-0.2, -0.15) is 0 Å². The largest absolute Gasteiger partial charge is 0.326 e. The molecule has 1 aromatic heterocycles. The van der Waals surface area contributed by atoms with Crippen LogP contribution in [0.3, 0.4) is 0 Å². The molecule has 0 atom stereocenters. The minimum Gasteiger partial charge on any atom is -0.326 e. The molecule has 1 aliphatic rings. The molecule has 1 heterocycles. The molecule has 0 bridgehead atoms. The summed E-state index contributed by atoms with van der Waals surface area (Å²) in [6.45, 7) is 1.46. The second-order valence-electron chi connectivity index (χ2n) is 7.32. The predicted molar refractivity (Wildman–Crippen MR) is 120 cm³/mol. The molecule has 5 nitrogen and oxygen atoms in total. The van der Waals surface area contributed by atoms with Gasteiger partial charge in [0.05, 0.1) is 5.75 Å². The molecule has 3 aromatic rings. The fourth-order valence-electron chi connectivity index (χ4n) is 3.56. The number of thioether (sulfide) groups is 1. The molecule has 0 saturated heterocycles. The van der Waals surface area contributed by atoms with Crippen molar-refractivity contribution in [1.82, 2.24) is 9.97 Å². The lowest BCUT2D eigenvalue weighted by Gasteiger charge is -2.18. The Labute approximate surface area is 180 Å². The van der Waals surface area contributed by atoms with E-state index in [9.17, 15) is 9.59 Å². The van der Waals surface area contributed by atoms with Crippen LogP contribution in [0.4, 0.5) is 5.69 Å². The van der Waals surface area contributed by atoms with Crippen LogP contribution in [0.5, 0.6) is 0 Å². The second kappa shape index (κ2) is 9.22. The van der Waals surface area contributed by atoms with Crippen molar-refractivity contribution in [2.75, 3.05) is 11.1 Å². The van der Waals surface area contributed by atoms with Crippen LogP contribution in [-0.4, -0.2) is 27.4 Å². The number of hydrogen-bond acceptors (Lipinski definition) is 5. The van der Waals surface area contributed by atoms with Gasteiger partial charge < -0.3 is 5.32 Å². The Bertz CT molecular complexity index is 1070. The van der Waals surface area contributed by atoms with Gasteiger partial charge in [0.15, 0.2) is 11.6 Å². The van der Waals surface area contributed by atoms with Crippen LogP contribution in [0.1, 0.15) is 41.4 Å². The van der Waals surface area contributed by atoms with Crippen LogP contribution in [0.2, 0.25) is 0 Å². The van der Waals surface area contributed by atoms with Gasteiger partial charge in [-0.25, -0.2) is 9.97 Å². The van der Waals surface area contributed by atoms with Crippen LogP contribution in [-0.2, 0) is 17.6 Å². The molecule has 0 spiro atoms. The molecule has 152 valence electrons. The minimum atomic E-state index is -0.132. The highest BCUT2D eigenvalue weighted by molar-refractivity contribution is 8.00. The van der Waals surface area contributed by atoms with E-state index in [2.05, 4.69) is 5.32 Å². The van der Waals surface area contributed by atoms with Crippen molar-refractivity contribution < 1.29 is 9.59 Å². The normalized spacial score (nSPS) is 12.8. The van der Waals surface area contributed by atoms with Crippen LogP contribution in [0, 0.1) is 0 Å². The SMILES string of the molecule is CC(=O)Nc1ccc(C(=O)CSc2nc(-c3ccccc3)nc3c2CCCC3)cc1. The van der Waals surface area contributed by atoms with E-state index in [1.54, 1.807) is 24.3 Å². The van der Waals surface area contributed by atoms with Crippen molar-refractivity contribution in [2.45, 2.75) is 37.6 Å². The number of aryl methyl sites for hydroxylation is 1. The topological polar surface area (TPSA) is 72.0 Å². The summed E-state index contributed by atoms with van der Waals surface area (Å²) >= 11 is 1.49. The minimum absolute atomic E-state index is 0.0406. The zero-order chi connectivity index (χ0) is 20.9. The molecular formula is C24H23N3O2S. The lowest BCUT2D eigenvalue weighted by atomic mass is 9.97. The van der Waals surface area contributed by atoms with Gasteiger partial charge in [0.25, 0.3) is 0 Å². The maximum Gasteiger partial charge on any atom is 0.221 e. The van der Waals surface area contributed by atoms with Crippen molar-refractivity contribution in [2.24, 2.45) is 0 Å². The van der Waals surface area contributed by atoms with Gasteiger partial charge in [-0.15, -0.1) is 0 Å². The number of hydrogen-bond donors (Lipinski definition) is 1. The summed E-state index contributed by atoms with van der Waals surface area (Å²) in [7, 11) is 0. The number of nitrogens with one attached hydrogen (secondary N) is 1. The standard InChI is InChI=1S/C24H23N3O2S/c1-16(28)25-19-13-11-17(12-14-19)22(29)15-30-24-20-9-5-6-10-21(20)26-23(27-24)18-7-3-2-4-8-18/h2-4,7-8,11-14H,5-6,9-10,15H2,1H3,(H,25,28). The van der Waals surface area contributed by atoms with E-state index in [1.165, 1.54) is 24.2 Å². The first-order chi connectivity index (χ1) is 14.6. The van der Waals surface area contributed by atoms with Gasteiger partial charge in [-0.3, -0.25) is 9.59 Å². The van der Waals surface area contributed by atoms with Gasteiger partial charge >= 0.3 is 0 Å². The number of nitrogens with zero attached hydrogens (tertiary/aromatic N) is 2. The predicted octanol–water partition coefficient (Wildman–Crippen LogP) is 4.96. The van der Waals surface area contributed by atoms with Crippen molar-refractivity contribution in [3.63, 3.8) is 0 Å². The molecule has 1 amide bonds. The molecule has 2 aromatic carbocycles. The molecule has 0 saturated carbocycles. The third-order valence-corrected chi connectivity index (χ3v) is 6.06. The number of fused-ring (bicyclic) bond motifs is 1. The number of anilines is 1. The number of rotatable bonds is 6. The lowest BCUT2D eigenvalue weighted by Crippen LogP contribution is -2.11. The van der Waals surface area contributed by atoms with Crippen LogP contribution in [0.25, 0.3) is 11.4 Å². The van der Waals surface area contributed by atoms with Crippen molar-refractivity contribution in [1.29, 1.82) is 0 Å². The number of carbonyl (C=O) groups excluding carboxylic acids is 2. The zero-order valence-electron chi connectivity index (χ0n) is 16.9. The Kier molecular flexibility index (Phi) is 6.23. The summed E-state index contributed by atoms with van der Waals surface area (Å²) in [4.78, 5) is 33.5. The van der Waals surface area contributed by atoms with Gasteiger partial charge in [0.2, 0.25) is 5.91 Å². The van der Waals surface area contributed by atoms with Gasteiger partial charge in [0, 0.05) is 35.0 Å². The number of ketones is 1. The van der Waals surface area contributed by atoms with Crippen LogP contribution in [0.15, 0.2) is 59.6 Å². The number of amides is 1. The number of carbonyl (C=O) groups is 2. The summed E-state index contributed by atoms with van der Waals surface area (Å²) in [5.74, 6) is 0.953. The smallest absolute Gasteiger partial charge is 0.221 e. The molecule has 1 N–H and O–H groups in total. The maximum atomic E-state index is 12.7. The fraction of sp³-hybridized carbons (Fsp3) is 0.250. The van der Waals surface area contributed by atoms with Crippen molar-refractivity contribution in [3.8, 4) is 11.4 Å².